The number of hydrogen-bond donors (Lipinski definition) is 1. The maximum Gasteiger partial charge on any atom is 0.180 e. The fraction of sp³-hybridized carbons (Fsp3) is 0.533. The molecule has 1 aromatic rings. The summed E-state index contributed by atoms with van der Waals surface area (Å²) < 4.78 is 18.3. The second-order valence-electron chi connectivity index (χ2n) is 5.26. The van der Waals surface area contributed by atoms with Gasteiger partial charge in [0.15, 0.2) is 5.78 Å². The van der Waals surface area contributed by atoms with E-state index in [1.807, 2.05) is 4.90 Å². The van der Waals surface area contributed by atoms with Crippen LogP contribution in [0, 0.1) is 11.7 Å². The van der Waals surface area contributed by atoms with Gasteiger partial charge in [0.05, 0.1) is 12.1 Å². The zero-order valence-corrected chi connectivity index (χ0v) is 11.6. The molecular formula is C15H20FNO3. The molecular weight excluding hydrogens is 261 g/mol. The zero-order chi connectivity index (χ0) is 14.5. The Kier molecular flexibility index (Phi) is 5.09. The SMILES string of the molecule is COCC1CCN(CC(=O)c2cc(F)ccc2O)CC1. The van der Waals surface area contributed by atoms with Gasteiger partial charge in [-0.15, -0.1) is 0 Å². The molecule has 1 aliphatic heterocycles. The summed E-state index contributed by atoms with van der Waals surface area (Å²) in [5, 5.41) is 9.62. The predicted molar refractivity (Wildman–Crippen MR) is 73.4 cm³/mol. The first-order chi connectivity index (χ1) is 9.60. The third-order valence-electron chi connectivity index (χ3n) is 3.74. The van der Waals surface area contributed by atoms with Gasteiger partial charge in [-0.25, -0.2) is 4.39 Å². The van der Waals surface area contributed by atoms with Crippen LogP contribution in [0.2, 0.25) is 0 Å². The summed E-state index contributed by atoms with van der Waals surface area (Å²) in [5.74, 6) is -0.364. The van der Waals surface area contributed by atoms with Crippen molar-refractivity contribution in [2.24, 2.45) is 5.92 Å². The lowest BCUT2D eigenvalue weighted by atomic mass is 9.97. The van der Waals surface area contributed by atoms with Gasteiger partial charge in [-0.05, 0) is 50.0 Å². The van der Waals surface area contributed by atoms with Crippen LogP contribution < -0.4 is 0 Å². The molecule has 0 saturated carbocycles. The Morgan fingerprint density at radius 3 is 2.80 bits per heavy atom. The highest BCUT2D eigenvalue weighted by Crippen LogP contribution is 2.21. The molecule has 0 aliphatic carbocycles. The number of ketones is 1. The van der Waals surface area contributed by atoms with E-state index in [9.17, 15) is 14.3 Å². The summed E-state index contributed by atoms with van der Waals surface area (Å²) in [7, 11) is 1.70. The van der Waals surface area contributed by atoms with Crippen molar-refractivity contribution in [2.75, 3.05) is 33.4 Å². The molecule has 1 aliphatic rings. The maximum absolute atomic E-state index is 13.1. The first-order valence-corrected chi connectivity index (χ1v) is 6.83. The van der Waals surface area contributed by atoms with E-state index in [0.717, 1.165) is 44.7 Å². The van der Waals surface area contributed by atoms with Gasteiger partial charge in [-0.1, -0.05) is 0 Å². The number of phenols is 1. The number of ether oxygens (including phenoxy) is 1. The van der Waals surface area contributed by atoms with Crippen LogP contribution in [0.3, 0.4) is 0 Å². The molecule has 20 heavy (non-hydrogen) atoms. The number of methoxy groups -OCH3 is 1. The number of aromatic hydroxyl groups is 1. The monoisotopic (exact) mass is 281 g/mol. The second-order valence-corrected chi connectivity index (χ2v) is 5.26. The number of phenolic OH excluding ortho intramolecular Hbond substituents is 1. The minimum absolute atomic E-state index is 0.0593. The van der Waals surface area contributed by atoms with Crippen LogP contribution in [-0.2, 0) is 4.74 Å². The van der Waals surface area contributed by atoms with Crippen LogP contribution in [-0.4, -0.2) is 49.1 Å². The van der Waals surface area contributed by atoms with Gasteiger partial charge < -0.3 is 9.84 Å². The van der Waals surface area contributed by atoms with Crippen LogP contribution in [0.25, 0.3) is 0 Å². The molecule has 0 aromatic heterocycles. The van der Waals surface area contributed by atoms with Crippen molar-refractivity contribution in [1.29, 1.82) is 0 Å². The average molecular weight is 281 g/mol. The molecule has 1 aromatic carbocycles. The van der Waals surface area contributed by atoms with Gasteiger partial charge in [0, 0.05) is 13.7 Å². The molecule has 0 radical (unpaired) electrons. The molecule has 0 spiro atoms. The maximum atomic E-state index is 13.1. The molecule has 5 heteroatoms. The van der Waals surface area contributed by atoms with Crippen LogP contribution in [0.5, 0.6) is 5.75 Å². The lowest BCUT2D eigenvalue weighted by molar-refractivity contribution is 0.0807. The number of Topliss-reactive ketones (excluding diaryl/α,β-unsaturated/α-hetero) is 1. The third kappa shape index (κ3) is 3.77. The largest absolute Gasteiger partial charge is 0.507 e. The summed E-state index contributed by atoms with van der Waals surface area (Å²) in [5.41, 5.74) is 0.0593. The van der Waals surface area contributed by atoms with Crippen molar-refractivity contribution in [3.8, 4) is 5.75 Å². The van der Waals surface area contributed by atoms with Crippen molar-refractivity contribution >= 4 is 5.78 Å². The van der Waals surface area contributed by atoms with Gasteiger partial charge in [-0.3, -0.25) is 9.69 Å². The lowest BCUT2D eigenvalue weighted by Crippen LogP contribution is -2.38. The van der Waals surface area contributed by atoms with E-state index in [2.05, 4.69) is 0 Å². The van der Waals surface area contributed by atoms with Crippen LogP contribution in [0.15, 0.2) is 18.2 Å². The van der Waals surface area contributed by atoms with Crippen molar-refractivity contribution in [3.63, 3.8) is 0 Å². The molecule has 0 atom stereocenters. The van der Waals surface area contributed by atoms with Crippen molar-refractivity contribution in [1.82, 2.24) is 4.90 Å². The van der Waals surface area contributed by atoms with Gasteiger partial charge >= 0.3 is 0 Å². The Morgan fingerprint density at radius 2 is 2.15 bits per heavy atom. The molecule has 1 heterocycles. The summed E-state index contributed by atoms with van der Waals surface area (Å²) in [6, 6.07) is 3.45. The molecule has 0 bridgehead atoms. The average Bonchev–Trinajstić information content (AvgIpc) is 2.44. The van der Waals surface area contributed by atoms with Crippen LogP contribution in [0.4, 0.5) is 4.39 Å². The van der Waals surface area contributed by atoms with Gasteiger partial charge in [0.2, 0.25) is 0 Å². The molecule has 4 nitrogen and oxygen atoms in total. The zero-order valence-electron chi connectivity index (χ0n) is 11.6. The molecule has 1 N–H and O–H groups in total. The minimum Gasteiger partial charge on any atom is -0.507 e. The third-order valence-corrected chi connectivity index (χ3v) is 3.74. The van der Waals surface area contributed by atoms with Crippen molar-refractivity contribution in [2.45, 2.75) is 12.8 Å². The number of likely N-dealkylation sites (tertiary alicyclic amines) is 1. The molecule has 1 fully saturated rings. The molecule has 0 unspecified atom stereocenters. The highest BCUT2D eigenvalue weighted by molar-refractivity contribution is 6.00. The molecule has 110 valence electrons. The van der Waals surface area contributed by atoms with E-state index in [1.165, 1.54) is 6.07 Å². The Bertz CT molecular complexity index is 470. The van der Waals surface area contributed by atoms with Crippen molar-refractivity contribution in [3.05, 3.63) is 29.6 Å². The molecule has 0 amide bonds. The number of nitrogens with zero attached hydrogens (tertiary/aromatic N) is 1. The number of hydrogen-bond acceptors (Lipinski definition) is 4. The summed E-state index contributed by atoms with van der Waals surface area (Å²) in [4.78, 5) is 14.1. The Labute approximate surface area is 118 Å². The van der Waals surface area contributed by atoms with Gasteiger partial charge in [0.25, 0.3) is 0 Å². The normalized spacial score (nSPS) is 17.3. The lowest BCUT2D eigenvalue weighted by Gasteiger charge is -2.31. The second kappa shape index (κ2) is 6.81. The topological polar surface area (TPSA) is 49.8 Å². The van der Waals surface area contributed by atoms with E-state index in [-0.39, 0.29) is 23.6 Å². The van der Waals surface area contributed by atoms with Gasteiger partial charge in [0.1, 0.15) is 11.6 Å². The fourth-order valence-corrected chi connectivity index (χ4v) is 2.57. The van der Waals surface area contributed by atoms with E-state index in [0.29, 0.717) is 5.92 Å². The summed E-state index contributed by atoms with van der Waals surface area (Å²) >= 11 is 0. The van der Waals surface area contributed by atoms with Crippen LogP contribution >= 0.6 is 0 Å². The number of piperidine rings is 1. The number of halogens is 1. The quantitative estimate of drug-likeness (QED) is 0.839. The Morgan fingerprint density at radius 1 is 1.45 bits per heavy atom. The Balaban J connectivity index is 1.91. The summed E-state index contributed by atoms with van der Waals surface area (Å²) in [6.07, 6.45) is 1.99. The number of rotatable bonds is 5. The van der Waals surface area contributed by atoms with E-state index < -0.39 is 5.82 Å². The first kappa shape index (κ1) is 14.9. The highest BCUT2D eigenvalue weighted by atomic mass is 19.1. The minimum atomic E-state index is -0.509. The van der Waals surface area contributed by atoms with E-state index in [4.69, 9.17) is 4.74 Å². The highest BCUT2D eigenvalue weighted by Gasteiger charge is 2.22. The molecule has 1 saturated heterocycles. The number of carbonyl (C=O) groups is 1. The standard InChI is InChI=1S/C15H20FNO3/c1-20-10-11-4-6-17(7-5-11)9-15(19)13-8-12(16)2-3-14(13)18/h2-3,8,11,18H,4-7,9-10H2,1H3. The van der Waals surface area contributed by atoms with Crippen molar-refractivity contribution < 1.29 is 19.0 Å². The van der Waals surface area contributed by atoms with Crippen LogP contribution in [0.1, 0.15) is 23.2 Å². The summed E-state index contributed by atoms with van der Waals surface area (Å²) in [6.45, 7) is 2.63. The first-order valence-electron chi connectivity index (χ1n) is 6.83. The Hall–Kier alpha value is -1.46. The van der Waals surface area contributed by atoms with E-state index in [1.54, 1.807) is 7.11 Å². The van der Waals surface area contributed by atoms with E-state index >= 15 is 0 Å². The van der Waals surface area contributed by atoms with Gasteiger partial charge in [-0.2, -0.15) is 0 Å². The fourth-order valence-electron chi connectivity index (χ4n) is 2.57. The molecule has 2 rings (SSSR count). The number of carbonyl (C=O) groups excluding carboxylic acids is 1. The number of benzene rings is 1. The predicted octanol–water partition coefficient (Wildman–Crippen LogP) is 2.07. The smallest absolute Gasteiger partial charge is 0.180 e.